The molecule has 0 spiro atoms. The number of hydrogen-bond donors (Lipinski definition) is 2. The molecule has 1 atom stereocenters. The molecule has 0 fully saturated rings. The summed E-state index contributed by atoms with van der Waals surface area (Å²) in [4.78, 5) is 23.9. The van der Waals surface area contributed by atoms with Crippen molar-refractivity contribution in [3.05, 3.63) is 23.8 Å². The van der Waals surface area contributed by atoms with E-state index in [4.69, 9.17) is 4.74 Å². The number of carbonyl (C=O) groups excluding carboxylic acids is 2. The van der Waals surface area contributed by atoms with Crippen LogP contribution in [0.5, 0.6) is 5.75 Å². The highest BCUT2D eigenvalue weighted by atomic mass is 19.4. The maximum atomic E-state index is 13.9. The summed E-state index contributed by atoms with van der Waals surface area (Å²) in [7, 11) is 1.01. The quantitative estimate of drug-likeness (QED) is 0.405. The van der Waals surface area contributed by atoms with Crippen LogP contribution in [0, 0.1) is 0 Å². The fourth-order valence-electron chi connectivity index (χ4n) is 2.11. The van der Waals surface area contributed by atoms with Crippen LogP contribution in [0.15, 0.2) is 18.2 Å². The maximum Gasteiger partial charge on any atom is 0.441 e. The Morgan fingerprint density at radius 3 is 2.11 bits per heavy atom. The molecule has 28 heavy (non-hydrogen) atoms. The molecule has 1 amide bonds. The normalized spacial score (nSPS) is 14.0. The van der Waals surface area contributed by atoms with E-state index in [-0.39, 0.29) is 0 Å². The van der Waals surface area contributed by atoms with E-state index >= 15 is 0 Å². The van der Waals surface area contributed by atoms with Crippen LogP contribution in [-0.4, -0.2) is 37.4 Å². The number of halogens is 6. The minimum absolute atomic E-state index is 0.330. The molecular weight excluding hydrogens is 398 g/mol. The van der Waals surface area contributed by atoms with Gasteiger partial charge in [0.15, 0.2) is 0 Å². The Bertz CT molecular complexity index is 720. The molecule has 6 nitrogen and oxygen atoms in total. The third kappa shape index (κ3) is 4.98. The van der Waals surface area contributed by atoms with Gasteiger partial charge in [0.05, 0.1) is 25.0 Å². The van der Waals surface area contributed by atoms with Gasteiger partial charge in [-0.25, -0.2) is 4.79 Å². The third-order valence-electron chi connectivity index (χ3n) is 3.50. The van der Waals surface area contributed by atoms with Gasteiger partial charge in [0.2, 0.25) is 5.91 Å². The van der Waals surface area contributed by atoms with E-state index in [0.717, 1.165) is 13.2 Å². The summed E-state index contributed by atoms with van der Waals surface area (Å²) in [6, 6.07) is 1.70. The number of carbonyl (C=O) groups is 2. The number of nitrogens with one attached hydrogen (secondary N) is 2. The van der Waals surface area contributed by atoms with E-state index < -0.39 is 59.9 Å². The van der Waals surface area contributed by atoms with Gasteiger partial charge in [-0.05, 0) is 25.1 Å². The Labute approximate surface area is 156 Å². The summed E-state index contributed by atoms with van der Waals surface area (Å²) in [6.45, 7) is 1.98. The number of amides is 1. The molecule has 0 aliphatic rings. The molecule has 0 saturated heterocycles. The minimum Gasteiger partial charge on any atom is -0.495 e. The van der Waals surface area contributed by atoms with E-state index in [0.29, 0.717) is 12.1 Å². The molecule has 0 aliphatic carbocycles. The van der Waals surface area contributed by atoms with Crippen molar-refractivity contribution in [2.45, 2.75) is 38.3 Å². The Morgan fingerprint density at radius 1 is 1.07 bits per heavy atom. The molecule has 12 heteroatoms. The predicted molar refractivity (Wildman–Crippen MR) is 85.5 cm³/mol. The monoisotopic (exact) mass is 416 g/mol. The molecular formula is C16H18F6N2O4. The maximum absolute atomic E-state index is 13.9. The van der Waals surface area contributed by atoms with Crippen LogP contribution in [-0.2, 0) is 20.5 Å². The SMILES string of the molecule is CCOC(=O)C(NC(=O)CC)(Nc1cc(C(F)(F)F)ccc1OC)C(F)(F)F. The van der Waals surface area contributed by atoms with E-state index in [1.54, 1.807) is 5.32 Å². The number of esters is 1. The first-order chi connectivity index (χ1) is 12.8. The molecule has 1 rings (SSSR count). The summed E-state index contributed by atoms with van der Waals surface area (Å²) in [6.07, 6.45) is -10.8. The number of rotatable bonds is 7. The van der Waals surface area contributed by atoms with Crippen LogP contribution in [0.2, 0.25) is 0 Å². The summed E-state index contributed by atoms with van der Waals surface area (Å²) in [5.74, 6) is -3.55. The zero-order valence-corrected chi connectivity index (χ0v) is 15.0. The first-order valence-electron chi connectivity index (χ1n) is 7.90. The van der Waals surface area contributed by atoms with Crippen LogP contribution in [0.25, 0.3) is 0 Å². The van der Waals surface area contributed by atoms with Gasteiger partial charge in [0.1, 0.15) is 5.75 Å². The summed E-state index contributed by atoms with van der Waals surface area (Å²) in [5, 5.41) is 3.13. The molecule has 1 aromatic carbocycles. The van der Waals surface area contributed by atoms with Gasteiger partial charge in [-0.15, -0.1) is 0 Å². The van der Waals surface area contributed by atoms with Crippen molar-refractivity contribution in [3.8, 4) is 5.75 Å². The van der Waals surface area contributed by atoms with Crippen molar-refractivity contribution >= 4 is 17.6 Å². The van der Waals surface area contributed by atoms with Gasteiger partial charge in [-0.1, -0.05) is 6.92 Å². The molecule has 0 aliphatic heterocycles. The highest BCUT2D eigenvalue weighted by Gasteiger charge is 2.63. The van der Waals surface area contributed by atoms with Gasteiger partial charge >= 0.3 is 24.0 Å². The first kappa shape index (κ1) is 23.4. The predicted octanol–water partition coefficient (Wildman–Crippen LogP) is 3.47. The van der Waals surface area contributed by atoms with Crippen molar-refractivity contribution in [1.29, 1.82) is 0 Å². The lowest BCUT2D eigenvalue weighted by molar-refractivity contribution is -0.207. The molecule has 0 bridgehead atoms. The van der Waals surface area contributed by atoms with E-state index in [9.17, 15) is 35.9 Å². The van der Waals surface area contributed by atoms with Gasteiger partial charge in [0, 0.05) is 6.42 Å². The van der Waals surface area contributed by atoms with Crippen LogP contribution in [0.1, 0.15) is 25.8 Å². The lowest BCUT2D eigenvalue weighted by Gasteiger charge is -2.35. The average molecular weight is 416 g/mol. The Hall–Kier alpha value is -2.66. The molecule has 0 heterocycles. The number of benzene rings is 1. The fourth-order valence-corrected chi connectivity index (χ4v) is 2.11. The summed E-state index contributed by atoms with van der Waals surface area (Å²) < 4.78 is 89.7. The summed E-state index contributed by atoms with van der Waals surface area (Å²) in [5.41, 5.74) is -5.94. The first-order valence-corrected chi connectivity index (χ1v) is 7.90. The largest absolute Gasteiger partial charge is 0.495 e. The van der Waals surface area contributed by atoms with Gasteiger partial charge in [0.25, 0.3) is 0 Å². The number of methoxy groups -OCH3 is 1. The molecule has 1 unspecified atom stereocenters. The Balaban J connectivity index is 3.63. The second-order valence-electron chi connectivity index (χ2n) is 5.41. The van der Waals surface area contributed by atoms with E-state index in [2.05, 4.69) is 4.74 Å². The third-order valence-corrected chi connectivity index (χ3v) is 3.50. The lowest BCUT2D eigenvalue weighted by atomic mass is 10.1. The topological polar surface area (TPSA) is 76.7 Å². The van der Waals surface area contributed by atoms with E-state index in [1.807, 2.05) is 0 Å². The average Bonchev–Trinajstić information content (AvgIpc) is 2.59. The number of alkyl halides is 6. The van der Waals surface area contributed by atoms with Crippen molar-refractivity contribution in [3.63, 3.8) is 0 Å². The standard InChI is InChI=1S/C16H18F6N2O4/c1-4-12(25)24-14(16(20,21)22,13(26)28-5-2)23-10-8-9(15(17,18)19)6-7-11(10)27-3/h6-8,23H,4-5H2,1-3H3,(H,24,25). The summed E-state index contributed by atoms with van der Waals surface area (Å²) >= 11 is 0. The molecule has 0 aromatic heterocycles. The second kappa shape index (κ2) is 8.57. The van der Waals surface area contributed by atoms with Crippen molar-refractivity contribution in [1.82, 2.24) is 5.32 Å². The van der Waals surface area contributed by atoms with Crippen LogP contribution in [0.3, 0.4) is 0 Å². The second-order valence-corrected chi connectivity index (χ2v) is 5.41. The van der Waals surface area contributed by atoms with Crippen molar-refractivity contribution < 1.29 is 45.4 Å². The zero-order valence-electron chi connectivity index (χ0n) is 15.0. The van der Waals surface area contributed by atoms with Crippen LogP contribution < -0.4 is 15.4 Å². The number of ether oxygens (including phenoxy) is 2. The molecule has 2 N–H and O–H groups in total. The number of anilines is 1. The molecule has 0 saturated carbocycles. The Morgan fingerprint density at radius 2 is 1.68 bits per heavy atom. The van der Waals surface area contributed by atoms with Gasteiger partial charge < -0.3 is 20.1 Å². The lowest BCUT2D eigenvalue weighted by Crippen LogP contribution is -2.69. The van der Waals surface area contributed by atoms with Crippen molar-refractivity contribution in [2.24, 2.45) is 0 Å². The van der Waals surface area contributed by atoms with Crippen LogP contribution in [0.4, 0.5) is 32.0 Å². The molecule has 0 radical (unpaired) electrons. The van der Waals surface area contributed by atoms with Gasteiger partial charge in [-0.3, -0.25) is 4.79 Å². The van der Waals surface area contributed by atoms with Crippen LogP contribution >= 0.6 is 0 Å². The molecule has 158 valence electrons. The zero-order chi connectivity index (χ0) is 21.8. The minimum atomic E-state index is -5.47. The Kier molecular flexibility index (Phi) is 7.15. The highest BCUT2D eigenvalue weighted by molar-refractivity contribution is 5.91. The smallest absolute Gasteiger partial charge is 0.441 e. The van der Waals surface area contributed by atoms with Gasteiger partial charge in [-0.2, -0.15) is 26.3 Å². The molecule has 1 aromatic rings. The highest BCUT2D eigenvalue weighted by Crippen LogP contribution is 2.39. The fraction of sp³-hybridized carbons (Fsp3) is 0.500. The van der Waals surface area contributed by atoms with Crippen molar-refractivity contribution in [2.75, 3.05) is 19.0 Å². The number of hydrogen-bond acceptors (Lipinski definition) is 5. The van der Waals surface area contributed by atoms with E-state index in [1.165, 1.54) is 19.2 Å².